The van der Waals surface area contributed by atoms with Gasteiger partial charge in [-0.3, -0.25) is 4.98 Å². The molecule has 4 rings (SSSR count). The first-order valence-electron chi connectivity index (χ1n) is 8.23. The van der Waals surface area contributed by atoms with Gasteiger partial charge in [0.15, 0.2) is 10.6 Å². The van der Waals surface area contributed by atoms with E-state index in [1.165, 1.54) is 6.07 Å². The predicted octanol–water partition coefficient (Wildman–Crippen LogP) is 3.56. The molecule has 7 heteroatoms. The highest BCUT2D eigenvalue weighted by atomic mass is 32.1. The molecule has 1 aromatic carbocycles. The Kier molecular flexibility index (Phi) is 4.09. The van der Waals surface area contributed by atoms with Crippen molar-refractivity contribution in [3.05, 3.63) is 58.7 Å². The van der Waals surface area contributed by atoms with Crippen LogP contribution in [-0.4, -0.2) is 25.9 Å². The summed E-state index contributed by atoms with van der Waals surface area (Å²) in [5.74, 6) is 0.515. The first kappa shape index (κ1) is 16.0. The van der Waals surface area contributed by atoms with Crippen LogP contribution in [0.2, 0.25) is 0 Å². The number of benzene rings is 1. The topological polar surface area (TPSA) is 38.9 Å². The molecule has 3 heterocycles. The largest absolute Gasteiger partial charge is 0.349 e. The molecule has 0 unspecified atom stereocenters. The molecule has 5 nitrogen and oxygen atoms in total. The summed E-state index contributed by atoms with van der Waals surface area (Å²) >= 11 is 5.53. The zero-order valence-electron chi connectivity index (χ0n) is 13.9. The SMILES string of the molecule is Cn1c(-c2ccccn2)nn(CN2CCCc3cccc(F)c32)c1=S. The third-order valence-electron chi connectivity index (χ3n) is 4.50. The fourth-order valence-electron chi connectivity index (χ4n) is 3.29. The maximum atomic E-state index is 14.4. The standard InChI is InChI=1S/C18H18FN5S/c1-22-17(15-9-2-3-10-20-15)21-24(18(22)25)12-23-11-5-7-13-6-4-8-14(19)16(13)23/h2-4,6,8-10H,5,7,11-12H2,1H3. The van der Waals surface area contributed by atoms with E-state index in [2.05, 4.69) is 10.1 Å². The smallest absolute Gasteiger partial charge is 0.199 e. The number of anilines is 1. The van der Waals surface area contributed by atoms with Gasteiger partial charge < -0.3 is 9.47 Å². The van der Waals surface area contributed by atoms with Crippen LogP contribution in [0.25, 0.3) is 11.5 Å². The van der Waals surface area contributed by atoms with Crippen LogP contribution in [0.15, 0.2) is 42.6 Å². The lowest BCUT2D eigenvalue weighted by Gasteiger charge is -2.31. The summed E-state index contributed by atoms with van der Waals surface area (Å²) in [4.78, 5) is 6.36. The molecule has 0 N–H and O–H groups in total. The van der Waals surface area contributed by atoms with Gasteiger partial charge >= 0.3 is 0 Å². The minimum absolute atomic E-state index is 0.190. The first-order valence-corrected chi connectivity index (χ1v) is 8.63. The number of aromatic nitrogens is 4. The minimum atomic E-state index is -0.190. The lowest BCUT2D eigenvalue weighted by Crippen LogP contribution is -2.32. The molecule has 0 radical (unpaired) electrons. The van der Waals surface area contributed by atoms with Crippen molar-refractivity contribution in [1.29, 1.82) is 0 Å². The van der Waals surface area contributed by atoms with Gasteiger partial charge in [0.25, 0.3) is 0 Å². The lowest BCUT2D eigenvalue weighted by atomic mass is 10.0. The summed E-state index contributed by atoms with van der Waals surface area (Å²) < 4.78 is 18.5. The van der Waals surface area contributed by atoms with Crippen molar-refractivity contribution >= 4 is 17.9 Å². The van der Waals surface area contributed by atoms with E-state index in [0.29, 0.717) is 23.0 Å². The molecule has 0 spiro atoms. The second-order valence-electron chi connectivity index (χ2n) is 6.14. The summed E-state index contributed by atoms with van der Waals surface area (Å²) in [6.07, 6.45) is 3.62. The van der Waals surface area contributed by atoms with Crippen molar-refractivity contribution in [2.75, 3.05) is 11.4 Å². The highest BCUT2D eigenvalue weighted by molar-refractivity contribution is 7.71. The Hall–Kier alpha value is -2.54. The Morgan fingerprint density at radius 2 is 2.08 bits per heavy atom. The third-order valence-corrected chi connectivity index (χ3v) is 4.98. The molecule has 0 atom stereocenters. The molecular formula is C18H18FN5S. The maximum absolute atomic E-state index is 14.4. The average Bonchev–Trinajstić information content (AvgIpc) is 2.91. The highest BCUT2D eigenvalue weighted by Gasteiger charge is 2.22. The van der Waals surface area contributed by atoms with Crippen LogP contribution in [0.3, 0.4) is 0 Å². The van der Waals surface area contributed by atoms with Gasteiger partial charge in [0.1, 0.15) is 18.2 Å². The van der Waals surface area contributed by atoms with Crippen molar-refractivity contribution in [2.24, 2.45) is 7.05 Å². The van der Waals surface area contributed by atoms with E-state index in [0.717, 1.165) is 30.6 Å². The monoisotopic (exact) mass is 355 g/mol. The Morgan fingerprint density at radius 1 is 1.20 bits per heavy atom. The number of hydrogen-bond acceptors (Lipinski definition) is 4. The van der Waals surface area contributed by atoms with Gasteiger partial charge in [-0.2, -0.15) is 0 Å². The number of para-hydroxylation sites is 1. The summed E-state index contributed by atoms with van der Waals surface area (Å²) in [5.41, 5.74) is 2.47. The zero-order valence-corrected chi connectivity index (χ0v) is 14.7. The molecule has 0 saturated heterocycles. The van der Waals surface area contributed by atoms with Crippen LogP contribution in [0.1, 0.15) is 12.0 Å². The van der Waals surface area contributed by atoms with Crippen molar-refractivity contribution in [1.82, 2.24) is 19.3 Å². The van der Waals surface area contributed by atoms with Gasteiger partial charge in [0.05, 0.1) is 5.69 Å². The summed E-state index contributed by atoms with van der Waals surface area (Å²) in [7, 11) is 1.88. The number of aryl methyl sites for hydroxylation is 1. The molecule has 1 aliphatic heterocycles. The Balaban J connectivity index is 1.71. The molecule has 1 aliphatic rings. The molecular weight excluding hydrogens is 337 g/mol. The van der Waals surface area contributed by atoms with Crippen LogP contribution in [0.5, 0.6) is 0 Å². The Morgan fingerprint density at radius 3 is 2.88 bits per heavy atom. The molecule has 3 aromatic rings. The van der Waals surface area contributed by atoms with E-state index in [1.54, 1.807) is 16.9 Å². The van der Waals surface area contributed by atoms with Crippen LogP contribution >= 0.6 is 12.2 Å². The van der Waals surface area contributed by atoms with Crippen LogP contribution < -0.4 is 4.90 Å². The maximum Gasteiger partial charge on any atom is 0.199 e. The van der Waals surface area contributed by atoms with Crippen molar-refractivity contribution < 1.29 is 4.39 Å². The molecule has 128 valence electrons. The second kappa shape index (κ2) is 6.40. The zero-order chi connectivity index (χ0) is 17.4. The van der Waals surface area contributed by atoms with Gasteiger partial charge in [0.2, 0.25) is 0 Å². The molecule has 0 bridgehead atoms. The van der Waals surface area contributed by atoms with E-state index >= 15 is 0 Å². The number of pyridine rings is 1. The van der Waals surface area contributed by atoms with Crippen molar-refractivity contribution in [3.63, 3.8) is 0 Å². The Bertz CT molecular complexity index is 963. The molecule has 2 aromatic heterocycles. The van der Waals surface area contributed by atoms with Gasteiger partial charge in [-0.25, -0.2) is 9.07 Å². The Labute approximate surface area is 150 Å². The quantitative estimate of drug-likeness (QED) is 0.674. The van der Waals surface area contributed by atoms with Gasteiger partial charge in [-0.15, -0.1) is 5.10 Å². The normalized spacial score (nSPS) is 13.8. The van der Waals surface area contributed by atoms with Crippen LogP contribution in [0.4, 0.5) is 10.1 Å². The van der Waals surface area contributed by atoms with E-state index in [9.17, 15) is 4.39 Å². The van der Waals surface area contributed by atoms with Gasteiger partial charge in [0, 0.05) is 19.8 Å². The first-order chi connectivity index (χ1) is 12.1. The van der Waals surface area contributed by atoms with Crippen molar-refractivity contribution in [2.45, 2.75) is 19.5 Å². The molecule has 0 aliphatic carbocycles. The van der Waals surface area contributed by atoms with Gasteiger partial charge in [-0.05, 0) is 48.8 Å². The van der Waals surface area contributed by atoms with Crippen LogP contribution in [0, 0.1) is 10.6 Å². The summed E-state index contributed by atoms with van der Waals surface area (Å²) in [6, 6.07) is 10.9. The van der Waals surface area contributed by atoms with E-state index in [4.69, 9.17) is 12.2 Å². The van der Waals surface area contributed by atoms with Crippen molar-refractivity contribution in [3.8, 4) is 11.5 Å². The highest BCUT2D eigenvalue weighted by Crippen LogP contribution is 2.30. The number of nitrogens with zero attached hydrogens (tertiary/aromatic N) is 5. The number of fused-ring (bicyclic) bond motifs is 1. The molecule has 0 fully saturated rings. The van der Waals surface area contributed by atoms with Crippen LogP contribution in [-0.2, 0) is 20.1 Å². The van der Waals surface area contributed by atoms with Gasteiger partial charge in [-0.1, -0.05) is 18.2 Å². The summed E-state index contributed by atoms with van der Waals surface area (Å²) in [6.45, 7) is 1.21. The number of rotatable bonds is 3. The average molecular weight is 355 g/mol. The molecule has 25 heavy (non-hydrogen) atoms. The third kappa shape index (κ3) is 2.84. The van der Waals surface area contributed by atoms with E-state index in [-0.39, 0.29) is 5.82 Å². The molecule has 0 amide bonds. The number of hydrogen-bond donors (Lipinski definition) is 0. The molecule has 0 saturated carbocycles. The predicted molar refractivity (Wildman–Crippen MR) is 97.3 cm³/mol. The second-order valence-corrected chi connectivity index (χ2v) is 6.50. The minimum Gasteiger partial charge on any atom is -0.349 e. The fourth-order valence-corrected chi connectivity index (χ4v) is 3.47. The van der Waals surface area contributed by atoms with E-state index in [1.807, 2.05) is 40.8 Å². The lowest BCUT2D eigenvalue weighted by molar-refractivity contribution is 0.525. The number of halogens is 1. The summed E-state index contributed by atoms with van der Waals surface area (Å²) in [5, 5.41) is 4.63. The fraction of sp³-hybridized carbons (Fsp3) is 0.278. The van der Waals surface area contributed by atoms with E-state index < -0.39 is 0 Å².